The predicted octanol–water partition coefficient (Wildman–Crippen LogP) is 1.40. The number of hydrogen-bond donors (Lipinski definition) is 1. The Kier molecular flexibility index (Phi) is 3.74. The molecule has 0 bridgehead atoms. The fourth-order valence-corrected chi connectivity index (χ4v) is 2.83. The van der Waals surface area contributed by atoms with Crippen LogP contribution >= 0.6 is 0 Å². The Balaban J connectivity index is 1.88. The number of carbonyl (C=O) groups excluding carboxylic acids is 1. The van der Waals surface area contributed by atoms with Crippen LogP contribution < -0.4 is 5.32 Å². The van der Waals surface area contributed by atoms with Crippen molar-refractivity contribution in [3.63, 3.8) is 0 Å². The van der Waals surface area contributed by atoms with E-state index in [-0.39, 0.29) is 5.97 Å². The van der Waals surface area contributed by atoms with Crippen molar-refractivity contribution in [2.45, 2.75) is 30.8 Å². The lowest BCUT2D eigenvalue weighted by Gasteiger charge is -2.32. The number of piperidine rings is 1. The van der Waals surface area contributed by atoms with E-state index in [0.29, 0.717) is 0 Å². The van der Waals surface area contributed by atoms with Gasteiger partial charge in [0.2, 0.25) is 0 Å². The van der Waals surface area contributed by atoms with Crippen LogP contribution in [-0.4, -0.2) is 38.1 Å². The third-order valence-electron chi connectivity index (χ3n) is 3.89. The van der Waals surface area contributed by atoms with Crippen LogP contribution in [0.25, 0.3) is 0 Å². The Labute approximate surface area is 118 Å². The second-order valence-electron chi connectivity index (χ2n) is 5.17. The number of ether oxygens (including phenoxy) is 3. The van der Waals surface area contributed by atoms with Crippen LogP contribution in [-0.2, 0) is 19.0 Å². The molecule has 2 aliphatic heterocycles. The second kappa shape index (κ2) is 5.52. The molecule has 5 nitrogen and oxygen atoms in total. The first-order valence-corrected chi connectivity index (χ1v) is 6.93. The summed E-state index contributed by atoms with van der Waals surface area (Å²) in [5.41, 5.74) is 0.943. The number of esters is 1. The monoisotopic (exact) mass is 277 g/mol. The molecule has 20 heavy (non-hydrogen) atoms. The first kappa shape index (κ1) is 13.5. The summed E-state index contributed by atoms with van der Waals surface area (Å²) >= 11 is 0. The summed E-state index contributed by atoms with van der Waals surface area (Å²) in [6.07, 6.45) is 0.385. The van der Waals surface area contributed by atoms with Crippen LogP contribution in [0.3, 0.4) is 0 Å². The molecular formula is C15H19NO4. The molecule has 0 radical (unpaired) electrons. The van der Waals surface area contributed by atoms with Gasteiger partial charge in [0.05, 0.1) is 7.11 Å². The van der Waals surface area contributed by atoms with E-state index < -0.39 is 18.0 Å². The highest BCUT2D eigenvalue weighted by atomic mass is 16.8. The lowest BCUT2D eigenvalue weighted by molar-refractivity contribution is -0.196. The SMILES string of the molecule is COC(=O)[C@@H]1OC2(CCNCC2)O[C@H]1c1ccccc1. The number of carbonyl (C=O) groups is 1. The van der Waals surface area contributed by atoms with E-state index >= 15 is 0 Å². The number of hydrogen-bond acceptors (Lipinski definition) is 5. The Morgan fingerprint density at radius 1 is 1.25 bits per heavy atom. The van der Waals surface area contributed by atoms with E-state index in [1.54, 1.807) is 0 Å². The quantitative estimate of drug-likeness (QED) is 0.828. The zero-order chi connectivity index (χ0) is 14.0. The van der Waals surface area contributed by atoms with Gasteiger partial charge in [-0.2, -0.15) is 0 Å². The maximum absolute atomic E-state index is 12.0. The average Bonchev–Trinajstić information content (AvgIpc) is 2.87. The number of methoxy groups -OCH3 is 1. The van der Waals surface area contributed by atoms with Crippen molar-refractivity contribution in [2.24, 2.45) is 0 Å². The van der Waals surface area contributed by atoms with Crippen molar-refractivity contribution in [1.82, 2.24) is 5.32 Å². The Hall–Kier alpha value is -1.43. The zero-order valence-corrected chi connectivity index (χ0v) is 11.5. The molecular weight excluding hydrogens is 258 g/mol. The molecule has 1 spiro atoms. The molecule has 1 N–H and O–H groups in total. The van der Waals surface area contributed by atoms with Gasteiger partial charge in [-0.15, -0.1) is 0 Å². The Bertz CT molecular complexity index is 470. The summed E-state index contributed by atoms with van der Waals surface area (Å²) in [4.78, 5) is 12.0. The molecule has 5 heteroatoms. The van der Waals surface area contributed by atoms with Gasteiger partial charge in [-0.25, -0.2) is 4.79 Å². The molecule has 108 valence electrons. The van der Waals surface area contributed by atoms with E-state index in [0.717, 1.165) is 31.5 Å². The highest BCUT2D eigenvalue weighted by molar-refractivity contribution is 5.76. The minimum absolute atomic E-state index is 0.380. The van der Waals surface area contributed by atoms with Crippen LogP contribution in [0.5, 0.6) is 0 Å². The molecule has 3 rings (SSSR count). The van der Waals surface area contributed by atoms with Crippen LogP contribution in [0.1, 0.15) is 24.5 Å². The van der Waals surface area contributed by atoms with Gasteiger partial charge >= 0.3 is 5.97 Å². The smallest absolute Gasteiger partial charge is 0.338 e. The Morgan fingerprint density at radius 3 is 2.60 bits per heavy atom. The summed E-state index contributed by atoms with van der Waals surface area (Å²) in [5.74, 6) is -1.04. The molecule has 0 saturated carbocycles. The number of benzene rings is 1. The maximum atomic E-state index is 12.0. The molecule has 2 saturated heterocycles. The van der Waals surface area contributed by atoms with Gasteiger partial charge in [0.1, 0.15) is 6.10 Å². The van der Waals surface area contributed by atoms with E-state index in [4.69, 9.17) is 14.2 Å². The summed E-state index contributed by atoms with van der Waals surface area (Å²) in [5, 5.41) is 3.27. The van der Waals surface area contributed by atoms with E-state index in [2.05, 4.69) is 5.32 Å². The normalized spacial score (nSPS) is 28.4. The van der Waals surface area contributed by atoms with Gasteiger partial charge in [0.25, 0.3) is 0 Å². The summed E-state index contributed by atoms with van der Waals surface area (Å²) < 4.78 is 17.0. The summed E-state index contributed by atoms with van der Waals surface area (Å²) in [6, 6.07) is 9.70. The predicted molar refractivity (Wildman–Crippen MR) is 72.0 cm³/mol. The first-order valence-electron chi connectivity index (χ1n) is 6.93. The lowest BCUT2D eigenvalue weighted by atomic mass is 10.0. The van der Waals surface area contributed by atoms with Gasteiger partial charge < -0.3 is 19.5 Å². The highest BCUT2D eigenvalue weighted by Crippen LogP contribution is 2.43. The molecule has 2 fully saturated rings. The van der Waals surface area contributed by atoms with E-state index in [1.165, 1.54) is 7.11 Å². The molecule has 1 aromatic carbocycles. The largest absolute Gasteiger partial charge is 0.467 e. The lowest BCUT2D eigenvalue weighted by Crippen LogP contribution is -2.43. The van der Waals surface area contributed by atoms with Crippen molar-refractivity contribution in [1.29, 1.82) is 0 Å². The van der Waals surface area contributed by atoms with E-state index in [9.17, 15) is 4.79 Å². The molecule has 2 heterocycles. The maximum Gasteiger partial charge on any atom is 0.338 e. The van der Waals surface area contributed by atoms with E-state index in [1.807, 2.05) is 30.3 Å². The fraction of sp³-hybridized carbons (Fsp3) is 0.533. The van der Waals surface area contributed by atoms with Crippen LogP contribution in [0.15, 0.2) is 30.3 Å². The number of nitrogens with one attached hydrogen (secondary N) is 1. The molecule has 0 amide bonds. The molecule has 1 aromatic rings. The molecule has 0 unspecified atom stereocenters. The third kappa shape index (κ3) is 2.44. The minimum atomic E-state index is -0.694. The average molecular weight is 277 g/mol. The van der Waals surface area contributed by atoms with Gasteiger partial charge in [0, 0.05) is 25.9 Å². The zero-order valence-electron chi connectivity index (χ0n) is 11.5. The fourth-order valence-electron chi connectivity index (χ4n) is 2.83. The Morgan fingerprint density at radius 2 is 1.95 bits per heavy atom. The topological polar surface area (TPSA) is 56.8 Å². The number of rotatable bonds is 2. The standard InChI is InChI=1S/C15H19NO4/c1-18-14(17)13-12(11-5-3-2-4-6-11)19-15(20-13)7-9-16-10-8-15/h2-6,12-13,16H,7-10H2,1H3/t12-,13+/m0/s1. The van der Waals surface area contributed by atoms with Crippen molar-refractivity contribution in [3.8, 4) is 0 Å². The van der Waals surface area contributed by atoms with Crippen molar-refractivity contribution in [2.75, 3.05) is 20.2 Å². The van der Waals surface area contributed by atoms with Crippen LogP contribution in [0.4, 0.5) is 0 Å². The minimum Gasteiger partial charge on any atom is -0.467 e. The molecule has 2 atom stereocenters. The van der Waals surface area contributed by atoms with Crippen molar-refractivity contribution in [3.05, 3.63) is 35.9 Å². The van der Waals surface area contributed by atoms with Crippen molar-refractivity contribution >= 4 is 5.97 Å². The van der Waals surface area contributed by atoms with Gasteiger partial charge in [-0.1, -0.05) is 30.3 Å². The third-order valence-corrected chi connectivity index (χ3v) is 3.89. The summed E-state index contributed by atoms with van der Waals surface area (Å²) in [6.45, 7) is 1.66. The molecule has 0 aromatic heterocycles. The van der Waals surface area contributed by atoms with Crippen molar-refractivity contribution < 1.29 is 19.0 Å². The second-order valence-corrected chi connectivity index (χ2v) is 5.17. The van der Waals surface area contributed by atoms with Gasteiger partial charge in [-0.05, 0) is 5.56 Å². The van der Waals surface area contributed by atoms with Gasteiger partial charge in [-0.3, -0.25) is 0 Å². The molecule has 2 aliphatic rings. The van der Waals surface area contributed by atoms with Crippen LogP contribution in [0, 0.1) is 0 Å². The molecule has 0 aliphatic carbocycles. The van der Waals surface area contributed by atoms with Crippen LogP contribution in [0.2, 0.25) is 0 Å². The first-order chi connectivity index (χ1) is 9.74. The van der Waals surface area contributed by atoms with Gasteiger partial charge in [0.15, 0.2) is 11.9 Å². The highest BCUT2D eigenvalue weighted by Gasteiger charge is 2.51. The summed E-state index contributed by atoms with van der Waals surface area (Å²) in [7, 11) is 1.38.